The van der Waals surface area contributed by atoms with Crippen LogP contribution < -0.4 is 4.74 Å². The number of aryl methyl sites for hydroxylation is 1. The number of hydrogen-bond donors (Lipinski definition) is 1. The summed E-state index contributed by atoms with van der Waals surface area (Å²) in [5.41, 5.74) is 4.04. The van der Waals surface area contributed by atoms with Gasteiger partial charge in [0.1, 0.15) is 11.4 Å². The Balaban J connectivity index is 1.65. The van der Waals surface area contributed by atoms with Gasteiger partial charge in [0, 0.05) is 37.2 Å². The molecule has 1 aliphatic heterocycles. The van der Waals surface area contributed by atoms with Gasteiger partial charge in [0.25, 0.3) is 0 Å². The van der Waals surface area contributed by atoms with E-state index < -0.39 is 0 Å². The van der Waals surface area contributed by atoms with E-state index in [0.717, 1.165) is 47.6 Å². The minimum Gasteiger partial charge on any atom is -0.497 e. The van der Waals surface area contributed by atoms with E-state index in [4.69, 9.17) is 14.1 Å². The van der Waals surface area contributed by atoms with Gasteiger partial charge >= 0.3 is 6.03 Å². The number of carbonyl (C=O) groups excluding carboxylic acids is 1. The van der Waals surface area contributed by atoms with Crippen molar-refractivity contribution < 1.29 is 19.2 Å². The molecule has 0 unspecified atom stereocenters. The number of ether oxygens (including phenoxy) is 1. The van der Waals surface area contributed by atoms with Gasteiger partial charge in [-0.15, -0.1) is 0 Å². The molecule has 2 amide bonds. The molecule has 7 nitrogen and oxygen atoms in total. The molecule has 2 aromatic carbocycles. The van der Waals surface area contributed by atoms with E-state index >= 15 is 0 Å². The molecular formula is C25H29N3O4. The number of hydroxylamine groups is 2. The Labute approximate surface area is 188 Å². The smallest absolute Gasteiger partial charge is 0.343 e. The first-order chi connectivity index (χ1) is 15.5. The van der Waals surface area contributed by atoms with Gasteiger partial charge < -0.3 is 14.1 Å². The van der Waals surface area contributed by atoms with Crippen LogP contribution in [0.2, 0.25) is 0 Å². The van der Waals surface area contributed by atoms with Crippen LogP contribution in [-0.4, -0.2) is 53.4 Å². The average molecular weight is 436 g/mol. The van der Waals surface area contributed by atoms with E-state index in [-0.39, 0.29) is 11.9 Å². The molecule has 0 saturated carbocycles. The Kier molecular flexibility index (Phi) is 6.46. The van der Waals surface area contributed by atoms with E-state index in [2.05, 4.69) is 31.2 Å². The summed E-state index contributed by atoms with van der Waals surface area (Å²) < 4.78 is 11.6. The molecule has 0 aliphatic carbocycles. The van der Waals surface area contributed by atoms with Crippen molar-refractivity contribution in [2.75, 3.05) is 27.2 Å². The number of hydrogen-bond acceptors (Lipinski definition) is 5. The van der Waals surface area contributed by atoms with Gasteiger partial charge in [0.2, 0.25) is 0 Å². The standard InChI is InChI=1S/C25H29N3O4/c1-4-17-5-7-18(8-6-17)22-23(19-9-11-21(31-3)12-10-19)32-24(26-22)20-13-15-28(16-14-20)25(29)27(2)30/h5-12,20,30H,4,13-16H2,1-3H3. The fourth-order valence-corrected chi connectivity index (χ4v) is 4.07. The monoisotopic (exact) mass is 435 g/mol. The maximum absolute atomic E-state index is 12.0. The van der Waals surface area contributed by atoms with Crippen molar-refractivity contribution in [3.63, 3.8) is 0 Å². The van der Waals surface area contributed by atoms with Crippen LogP contribution >= 0.6 is 0 Å². The van der Waals surface area contributed by atoms with Crippen LogP contribution in [0.5, 0.6) is 5.75 Å². The molecule has 3 aromatic rings. The van der Waals surface area contributed by atoms with Crippen LogP contribution in [0, 0.1) is 0 Å². The molecule has 2 heterocycles. The van der Waals surface area contributed by atoms with Crippen LogP contribution in [0.1, 0.15) is 37.1 Å². The Morgan fingerprint density at radius 1 is 1.12 bits per heavy atom. The van der Waals surface area contributed by atoms with Crippen molar-refractivity contribution >= 4 is 6.03 Å². The molecule has 1 fully saturated rings. The molecule has 0 atom stereocenters. The maximum atomic E-state index is 12.0. The fraction of sp³-hybridized carbons (Fsp3) is 0.360. The predicted molar refractivity (Wildman–Crippen MR) is 122 cm³/mol. The zero-order valence-corrected chi connectivity index (χ0v) is 18.7. The van der Waals surface area contributed by atoms with Crippen LogP contribution in [0.15, 0.2) is 52.9 Å². The van der Waals surface area contributed by atoms with E-state index in [1.165, 1.54) is 12.6 Å². The largest absolute Gasteiger partial charge is 0.497 e. The number of nitrogens with zero attached hydrogens (tertiary/aromatic N) is 3. The number of likely N-dealkylation sites (tertiary alicyclic amines) is 1. The van der Waals surface area contributed by atoms with Gasteiger partial charge in [0.05, 0.1) is 7.11 Å². The van der Waals surface area contributed by atoms with E-state index in [9.17, 15) is 10.0 Å². The molecule has 4 rings (SSSR count). The highest BCUT2D eigenvalue weighted by molar-refractivity contribution is 5.77. The van der Waals surface area contributed by atoms with Gasteiger partial charge in [-0.05, 0) is 49.1 Å². The number of urea groups is 1. The van der Waals surface area contributed by atoms with E-state index in [1.807, 2.05) is 24.3 Å². The third-order valence-corrected chi connectivity index (χ3v) is 6.02. The quantitative estimate of drug-likeness (QED) is 0.440. The molecule has 0 bridgehead atoms. The summed E-state index contributed by atoms with van der Waals surface area (Å²) in [6.07, 6.45) is 2.45. The maximum Gasteiger partial charge on any atom is 0.343 e. The lowest BCUT2D eigenvalue weighted by atomic mass is 9.97. The van der Waals surface area contributed by atoms with E-state index in [0.29, 0.717) is 24.0 Å². The first-order valence-electron chi connectivity index (χ1n) is 11.0. The average Bonchev–Trinajstić information content (AvgIpc) is 3.29. The van der Waals surface area contributed by atoms with Crippen molar-refractivity contribution in [3.05, 3.63) is 60.0 Å². The van der Waals surface area contributed by atoms with Gasteiger partial charge in [-0.3, -0.25) is 5.21 Å². The molecule has 32 heavy (non-hydrogen) atoms. The number of oxazole rings is 1. The van der Waals surface area contributed by atoms with Crippen molar-refractivity contribution in [2.45, 2.75) is 32.1 Å². The summed E-state index contributed by atoms with van der Waals surface area (Å²) in [6, 6.07) is 15.8. The predicted octanol–water partition coefficient (Wildman–Crippen LogP) is 5.20. The van der Waals surface area contributed by atoms with Gasteiger partial charge in [0.15, 0.2) is 11.7 Å². The lowest BCUT2D eigenvalue weighted by Gasteiger charge is -2.31. The minimum atomic E-state index is -0.383. The number of rotatable bonds is 5. The van der Waals surface area contributed by atoms with Gasteiger partial charge in [-0.25, -0.2) is 14.8 Å². The number of benzene rings is 2. The number of carbonyl (C=O) groups is 1. The Morgan fingerprint density at radius 2 is 1.75 bits per heavy atom. The van der Waals surface area contributed by atoms with Gasteiger partial charge in [-0.2, -0.15) is 0 Å². The van der Waals surface area contributed by atoms with Crippen molar-refractivity contribution in [1.82, 2.24) is 14.9 Å². The molecule has 1 aliphatic rings. The highest BCUT2D eigenvalue weighted by Gasteiger charge is 2.29. The third kappa shape index (κ3) is 4.48. The summed E-state index contributed by atoms with van der Waals surface area (Å²) in [5, 5.41) is 10.1. The molecule has 7 heteroatoms. The Bertz CT molecular complexity index is 985. The van der Waals surface area contributed by atoms with Crippen molar-refractivity contribution in [2.24, 2.45) is 0 Å². The highest BCUT2D eigenvalue weighted by atomic mass is 16.5. The molecule has 0 spiro atoms. The zero-order valence-electron chi connectivity index (χ0n) is 18.7. The normalized spacial score (nSPS) is 14.4. The highest BCUT2D eigenvalue weighted by Crippen LogP contribution is 2.38. The molecule has 0 radical (unpaired) electrons. The molecule has 1 saturated heterocycles. The third-order valence-electron chi connectivity index (χ3n) is 6.02. The SMILES string of the molecule is CCc1ccc(-c2nc(C3CCN(C(=O)N(C)O)CC3)oc2-c2ccc(OC)cc2)cc1. The minimum absolute atomic E-state index is 0.115. The van der Waals surface area contributed by atoms with Crippen LogP contribution in [0.4, 0.5) is 4.79 Å². The summed E-state index contributed by atoms with van der Waals surface area (Å²) in [7, 11) is 2.99. The number of piperidine rings is 1. The van der Waals surface area contributed by atoms with Crippen molar-refractivity contribution in [1.29, 1.82) is 0 Å². The Morgan fingerprint density at radius 3 is 2.31 bits per heavy atom. The summed E-state index contributed by atoms with van der Waals surface area (Å²) in [6.45, 7) is 3.24. The van der Waals surface area contributed by atoms with E-state index in [1.54, 1.807) is 12.0 Å². The molecule has 168 valence electrons. The second kappa shape index (κ2) is 9.44. The first-order valence-corrected chi connectivity index (χ1v) is 11.0. The second-order valence-electron chi connectivity index (χ2n) is 8.08. The lowest BCUT2D eigenvalue weighted by Crippen LogP contribution is -2.43. The Hall–Kier alpha value is -3.32. The molecule has 1 aromatic heterocycles. The zero-order chi connectivity index (χ0) is 22.7. The summed E-state index contributed by atoms with van der Waals surface area (Å²) >= 11 is 0. The summed E-state index contributed by atoms with van der Waals surface area (Å²) in [4.78, 5) is 18.6. The number of aromatic nitrogens is 1. The summed E-state index contributed by atoms with van der Waals surface area (Å²) in [5.74, 6) is 2.33. The second-order valence-corrected chi connectivity index (χ2v) is 8.08. The van der Waals surface area contributed by atoms with Crippen LogP contribution in [-0.2, 0) is 6.42 Å². The van der Waals surface area contributed by atoms with Crippen LogP contribution in [0.25, 0.3) is 22.6 Å². The topological polar surface area (TPSA) is 79.0 Å². The number of amides is 2. The fourth-order valence-electron chi connectivity index (χ4n) is 4.07. The lowest BCUT2D eigenvalue weighted by molar-refractivity contribution is -0.0358. The molecule has 1 N–H and O–H groups in total. The molecular weight excluding hydrogens is 406 g/mol. The van der Waals surface area contributed by atoms with Crippen molar-refractivity contribution in [3.8, 4) is 28.3 Å². The first kappa shape index (κ1) is 21.9. The number of methoxy groups -OCH3 is 1. The van der Waals surface area contributed by atoms with Gasteiger partial charge in [-0.1, -0.05) is 31.2 Å². The van der Waals surface area contributed by atoms with Crippen LogP contribution in [0.3, 0.4) is 0 Å².